The van der Waals surface area contributed by atoms with Gasteiger partial charge in [-0.05, 0) is 48.4 Å². The average molecular weight is 467 g/mol. The second-order valence-electron chi connectivity index (χ2n) is 7.66. The highest BCUT2D eigenvalue weighted by Crippen LogP contribution is 2.38. The molecule has 1 N–H and O–H groups in total. The van der Waals surface area contributed by atoms with Gasteiger partial charge < -0.3 is 14.8 Å². The lowest BCUT2D eigenvalue weighted by Crippen LogP contribution is -2.29. The van der Waals surface area contributed by atoms with Crippen LogP contribution in [-0.4, -0.2) is 34.1 Å². The van der Waals surface area contributed by atoms with E-state index in [9.17, 15) is 13.2 Å². The molecule has 172 valence electrons. The van der Waals surface area contributed by atoms with E-state index in [4.69, 9.17) is 9.47 Å². The number of anilines is 1. The van der Waals surface area contributed by atoms with E-state index in [0.29, 0.717) is 49.8 Å². The Balaban J connectivity index is 1.32. The van der Waals surface area contributed by atoms with Gasteiger partial charge in [-0.3, -0.25) is 9.10 Å². The topological polar surface area (TPSA) is 84.9 Å². The molecule has 3 aromatic rings. The highest BCUT2D eigenvalue weighted by atomic mass is 32.2. The van der Waals surface area contributed by atoms with E-state index in [2.05, 4.69) is 5.32 Å². The second kappa shape index (κ2) is 10.1. The van der Waals surface area contributed by atoms with Crippen molar-refractivity contribution in [3.8, 4) is 11.5 Å². The number of nitrogens with one attached hydrogen (secondary N) is 1. The van der Waals surface area contributed by atoms with Gasteiger partial charge >= 0.3 is 5.97 Å². The van der Waals surface area contributed by atoms with Crippen molar-refractivity contribution in [2.24, 2.45) is 0 Å². The fourth-order valence-electron chi connectivity index (χ4n) is 3.78. The summed E-state index contributed by atoms with van der Waals surface area (Å²) >= 11 is 0. The van der Waals surface area contributed by atoms with E-state index in [1.165, 1.54) is 11.2 Å². The van der Waals surface area contributed by atoms with Crippen molar-refractivity contribution in [3.05, 3.63) is 83.9 Å². The predicted octanol–water partition coefficient (Wildman–Crippen LogP) is 3.53. The molecule has 0 saturated carbocycles. The van der Waals surface area contributed by atoms with Crippen molar-refractivity contribution in [2.45, 2.75) is 24.8 Å². The van der Waals surface area contributed by atoms with Crippen LogP contribution in [0.1, 0.15) is 18.1 Å². The largest absolute Gasteiger partial charge is 0.492 e. The van der Waals surface area contributed by atoms with Gasteiger partial charge in [0.05, 0.1) is 10.6 Å². The van der Waals surface area contributed by atoms with E-state index in [1.54, 1.807) is 42.5 Å². The Bertz CT molecular complexity index is 1210. The summed E-state index contributed by atoms with van der Waals surface area (Å²) in [7, 11) is -3.60. The third-order valence-corrected chi connectivity index (χ3v) is 7.15. The summed E-state index contributed by atoms with van der Waals surface area (Å²) in [5.41, 5.74) is 2.66. The van der Waals surface area contributed by atoms with Crippen molar-refractivity contribution in [3.63, 3.8) is 0 Å². The highest BCUT2D eigenvalue weighted by molar-refractivity contribution is 7.92. The van der Waals surface area contributed by atoms with Crippen molar-refractivity contribution >= 4 is 21.7 Å². The SMILES string of the molecule is CC(=O)Oc1ccc(CNCCOc2cccc3c2CCN3S(=O)(=O)c2ccccc2)cc1. The number of hydrogen-bond acceptors (Lipinski definition) is 6. The molecule has 0 atom stereocenters. The van der Waals surface area contributed by atoms with E-state index in [1.807, 2.05) is 30.3 Å². The van der Waals surface area contributed by atoms with E-state index < -0.39 is 10.0 Å². The van der Waals surface area contributed by atoms with Crippen LogP contribution < -0.4 is 19.1 Å². The summed E-state index contributed by atoms with van der Waals surface area (Å²) in [6, 6.07) is 21.3. The van der Waals surface area contributed by atoms with Gasteiger partial charge in [-0.15, -0.1) is 0 Å². The summed E-state index contributed by atoms with van der Waals surface area (Å²) in [5, 5.41) is 3.32. The van der Waals surface area contributed by atoms with Crippen LogP contribution in [0.4, 0.5) is 5.69 Å². The lowest BCUT2D eigenvalue weighted by molar-refractivity contribution is -0.131. The van der Waals surface area contributed by atoms with Gasteiger partial charge in [-0.1, -0.05) is 36.4 Å². The van der Waals surface area contributed by atoms with Crippen molar-refractivity contribution in [2.75, 3.05) is 24.0 Å². The molecule has 8 heteroatoms. The van der Waals surface area contributed by atoms with Crippen LogP contribution in [0.2, 0.25) is 0 Å². The summed E-state index contributed by atoms with van der Waals surface area (Å²) in [5.74, 6) is 0.896. The Morgan fingerprint density at radius 2 is 1.76 bits per heavy atom. The molecule has 1 heterocycles. The minimum Gasteiger partial charge on any atom is -0.492 e. The van der Waals surface area contributed by atoms with Crippen molar-refractivity contribution in [1.82, 2.24) is 5.32 Å². The van der Waals surface area contributed by atoms with Crippen LogP contribution in [0.15, 0.2) is 77.7 Å². The maximum absolute atomic E-state index is 13.1. The Hall–Kier alpha value is -3.36. The standard InChI is InChI=1S/C25H26N2O5S/c1-19(28)32-21-12-10-20(11-13-21)18-26-15-17-31-25-9-5-8-24-23(25)14-16-27(24)33(29,30)22-6-3-2-4-7-22/h2-13,26H,14-18H2,1H3. The monoisotopic (exact) mass is 466 g/mol. The molecular formula is C25H26N2O5S. The normalized spacial score (nSPS) is 12.9. The highest BCUT2D eigenvalue weighted by Gasteiger charge is 2.32. The number of nitrogens with zero attached hydrogens (tertiary/aromatic N) is 1. The van der Waals surface area contributed by atoms with Crippen LogP contribution in [0, 0.1) is 0 Å². The van der Waals surface area contributed by atoms with Crippen LogP contribution in [0.5, 0.6) is 11.5 Å². The first-order chi connectivity index (χ1) is 15.9. The zero-order chi connectivity index (χ0) is 23.3. The molecule has 0 unspecified atom stereocenters. The van der Waals surface area contributed by atoms with Gasteiger partial charge in [-0.25, -0.2) is 8.42 Å². The molecule has 3 aromatic carbocycles. The minimum atomic E-state index is -3.60. The third kappa shape index (κ3) is 5.35. The Labute approximate surface area is 194 Å². The lowest BCUT2D eigenvalue weighted by Gasteiger charge is -2.20. The third-order valence-electron chi connectivity index (χ3n) is 5.32. The maximum atomic E-state index is 13.1. The van der Waals surface area contributed by atoms with Gasteiger partial charge in [0.25, 0.3) is 10.0 Å². The summed E-state index contributed by atoms with van der Waals surface area (Å²) in [4.78, 5) is 11.3. The molecular weight excluding hydrogens is 440 g/mol. The molecule has 4 rings (SSSR count). The Morgan fingerprint density at radius 3 is 2.48 bits per heavy atom. The van der Waals surface area contributed by atoms with E-state index in [0.717, 1.165) is 11.1 Å². The molecule has 0 aliphatic carbocycles. The van der Waals surface area contributed by atoms with Crippen LogP contribution in [0.3, 0.4) is 0 Å². The molecule has 0 saturated heterocycles. The Morgan fingerprint density at radius 1 is 1.00 bits per heavy atom. The molecule has 0 radical (unpaired) electrons. The molecule has 7 nitrogen and oxygen atoms in total. The molecule has 0 fully saturated rings. The molecule has 0 aromatic heterocycles. The number of benzene rings is 3. The van der Waals surface area contributed by atoms with Gasteiger partial charge in [-0.2, -0.15) is 0 Å². The first-order valence-electron chi connectivity index (χ1n) is 10.8. The summed E-state index contributed by atoms with van der Waals surface area (Å²) in [6.45, 7) is 3.50. The molecule has 0 amide bonds. The molecule has 0 bridgehead atoms. The van der Waals surface area contributed by atoms with Gasteiger partial charge in [0.2, 0.25) is 0 Å². The fraction of sp³-hybridized carbons (Fsp3) is 0.240. The van der Waals surface area contributed by atoms with Crippen LogP contribution in [-0.2, 0) is 27.8 Å². The molecule has 33 heavy (non-hydrogen) atoms. The van der Waals surface area contributed by atoms with Crippen LogP contribution in [0.25, 0.3) is 0 Å². The van der Waals surface area contributed by atoms with Gasteiger partial charge in [0, 0.05) is 32.1 Å². The molecule has 1 aliphatic heterocycles. The predicted molar refractivity (Wildman–Crippen MR) is 126 cm³/mol. The van der Waals surface area contributed by atoms with Gasteiger partial charge in [0.15, 0.2) is 0 Å². The van der Waals surface area contributed by atoms with Crippen molar-refractivity contribution < 1.29 is 22.7 Å². The number of sulfonamides is 1. The summed E-state index contributed by atoms with van der Waals surface area (Å²) in [6.07, 6.45) is 0.611. The first-order valence-corrected chi connectivity index (χ1v) is 12.2. The maximum Gasteiger partial charge on any atom is 0.308 e. The fourth-order valence-corrected chi connectivity index (χ4v) is 5.30. The smallest absolute Gasteiger partial charge is 0.308 e. The van der Waals surface area contributed by atoms with Gasteiger partial charge in [0.1, 0.15) is 18.1 Å². The van der Waals surface area contributed by atoms with Crippen molar-refractivity contribution in [1.29, 1.82) is 0 Å². The number of fused-ring (bicyclic) bond motifs is 1. The number of esters is 1. The zero-order valence-electron chi connectivity index (χ0n) is 18.4. The Kier molecular flexibility index (Phi) is 6.96. The quantitative estimate of drug-likeness (QED) is 0.295. The number of ether oxygens (including phenoxy) is 2. The van der Waals surface area contributed by atoms with E-state index in [-0.39, 0.29) is 10.9 Å². The molecule has 0 spiro atoms. The average Bonchev–Trinajstić information content (AvgIpc) is 3.26. The number of rotatable bonds is 9. The summed E-state index contributed by atoms with van der Waals surface area (Å²) < 4.78 is 38.6. The lowest BCUT2D eigenvalue weighted by atomic mass is 10.1. The molecule has 1 aliphatic rings. The zero-order valence-corrected chi connectivity index (χ0v) is 19.2. The number of carbonyl (C=O) groups excluding carboxylic acids is 1. The second-order valence-corrected chi connectivity index (χ2v) is 9.52. The number of hydrogen-bond donors (Lipinski definition) is 1. The first kappa shape index (κ1) is 22.8. The minimum absolute atomic E-state index is 0.286. The number of carbonyl (C=O) groups is 1. The van der Waals surface area contributed by atoms with E-state index >= 15 is 0 Å². The van der Waals surface area contributed by atoms with Crippen LogP contribution >= 0.6 is 0 Å².